The van der Waals surface area contributed by atoms with E-state index in [2.05, 4.69) is 26.7 Å². The van der Waals surface area contributed by atoms with Crippen molar-refractivity contribution in [3.05, 3.63) is 46.3 Å². The highest BCUT2D eigenvalue weighted by atomic mass is 32.1. The number of carboxylic acid groups (broad SMARTS) is 1. The van der Waals surface area contributed by atoms with Crippen molar-refractivity contribution in [1.29, 1.82) is 0 Å². The van der Waals surface area contributed by atoms with E-state index in [-0.39, 0.29) is 5.69 Å². The molecular weight excluding hydrogens is 260 g/mol. The molecule has 0 saturated heterocycles. The highest BCUT2D eigenvalue weighted by Crippen LogP contribution is 2.32. The van der Waals surface area contributed by atoms with E-state index in [4.69, 9.17) is 5.11 Å². The number of anilines is 1. The largest absolute Gasteiger partial charge is 0.477 e. The van der Waals surface area contributed by atoms with E-state index in [1.54, 1.807) is 17.4 Å². The van der Waals surface area contributed by atoms with Crippen molar-refractivity contribution >= 4 is 23.1 Å². The van der Waals surface area contributed by atoms with Crippen LogP contribution in [0.25, 0.3) is 0 Å². The fourth-order valence-electron chi connectivity index (χ4n) is 2.07. The topological polar surface area (TPSA) is 53.4 Å². The number of rotatable bonds is 5. The highest BCUT2D eigenvalue weighted by molar-refractivity contribution is 7.07. The predicted octanol–water partition coefficient (Wildman–Crippen LogP) is 3.01. The van der Waals surface area contributed by atoms with E-state index in [0.717, 1.165) is 25.2 Å². The van der Waals surface area contributed by atoms with E-state index in [9.17, 15) is 4.79 Å². The minimum atomic E-state index is -0.979. The Morgan fingerprint density at radius 2 is 2.26 bits per heavy atom. The van der Waals surface area contributed by atoms with Crippen molar-refractivity contribution < 1.29 is 9.90 Å². The third-order valence-corrected chi connectivity index (χ3v) is 3.90. The molecular formula is C14H14N2O2S. The standard InChI is InChI=1S/C14H14N2O2S/c17-14(18)12-2-1-3-13(15-12)16(11-4-5-11)8-10-6-7-19-9-10/h1-3,6-7,9,11H,4-5,8H2,(H,17,18). The second kappa shape index (κ2) is 5.01. The van der Waals surface area contributed by atoms with Crippen LogP contribution in [0, 0.1) is 0 Å². The van der Waals surface area contributed by atoms with Crippen LogP contribution in [0.1, 0.15) is 28.9 Å². The first-order valence-corrected chi connectivity index (χ1v) is 7.16. The summed E-state index contributed by atoms with van der Waals surface area (Å²) in [5.74, 6) is -0.221. The summed E-state index contributed by atoms with van der Waals surface area (Å²) in [7, 11) is 0. The summed E-state index contributed by atoms with van der Waals surface area (Å²) in [6, 6.07) is 7.77. The molecule has 2 aromatic heterocycles. The Hall–Kier alpha value is -1.88. The van der Waals surface area contributed by atoms with Crippen molar-refractivity contribution in [3.63, 3.8) is 0 Å². The van der Waals surface area contributed by atoms with Crippen LogP contribution in [0.15, 0.2) is 35.0 Å². The minimum Gasteiger partial charge on any atom is -0.477 e. The van der Waals surface area contributed by atoms with Gasteiger partial charge >= 0.3 is 5.97 Å². The monoisotopic (exact) mass is 274 g/mol. The lowest BCUT2D eigenvalue weighted by molar-refractivity contribution is 0.0690. The Labute approximate surface area is 115 Å². The first-order chi connectivity index (χ1) is 9.24. The number of aromatic carboxylic acids is 1. The lowest BCUT2D eigenvalue weighted by Crippen LogP contribution is -2.26. The van der Waals surface area contributed by atoms with Gasteiger partial charge in [-0.3, -0.25) is 0 Å². The molecule has 4 nitrogen and oxygen atoms in total. The van der Waals surface area contributed by atoms with Gasteiger partial charge in [-0.15, -0.1) is 0 Å². The van der Waals surface area contributed by atoms with Crippen molar-refractivity contribution in [1.82, 2.24) is 4.98 Å². The number of carboxylic acids is 1. The summed E-state index contributed by atoms with van der Waals surface area (Å²) in [6.07, 6.45) is 2.31. The third-order valence-electron chi connectivity index (χ3n) is 3.17. The molecule has 1 fully saturated rings. The molecule has 2 aromatic rings. The molecule has 2 heterocycles. The highest BCUT2D eigenvalue weighted by Gasteiger charge is 2.30. The Kier molecular flexibility index (Phi) is 3.21. The van der Waals surface area contributed by atoms with Crippen molar-refractivity contribution in [2.75, 3.05) is 4.90 Å². The molecule has 98 valence electrons. The molecule has 0 radical (unpaired) electrons. The van der Waals surface area contributed by atoms with E-state index < -0.39 is 5.97 Å². The Balaban J connectivity index is 1.87. The van der Waals surface area contributed by atoms with E-state index >= 15 is 0 Å². The second-order valence-corrected chi connectivity index (χ2v) is 5.46. The average Bonchev–Trinajstić information content (AvgIpc) is 3.13. The first kappa shape index (κ1) is 12.2. The van der Waals surface area contributed by atoms with Crippen LogP contribution in [-0.4, -0.2) is 22.1 Å². The van der Waals surface area contributed by atoms with Gasteiger partial charge in [0.2, 0.25) is 0 Å². The molecule has 0 atom stereocenters. The average molecular weight is 274 g/mol. The van der Waals surface area contributed by atoms with Gasteiger partial charge in [0.05, 0.1) is 0 Å². The zero-order chi connectivity index (χ0) is 13.2. The van der Waals surface area contributed by atoms with E-state index in [0.29, 0.717) is 6.04 Å². The lowest BCUT2D eigenvalue weighted by Gasteiger charge is -2.23. The number of pyridine rings is 1. The van der Waals surface area contributed by atoms with Gasteiger partial charge in [-0.2, -0.15) is 11.3 Å². The molecule has 0 unspecified atom stereocenters. The summed E-state index contributed by atoms with van der Waals surface area (Å²) in [5.41, 5.74) is 1.35. The smallest absolute Gasteiger partial charge is 0.354 e. The van der Waals surface area contributed by atoms with Gasteiger partial charge in [0.25, 0.3) is 0 Å². The lowest BCUT2D eigenvalue weighted by atomic mass is 10.3. The normalized spacial score (nSPS) is 14.3. The fraction of sp³-hybridized carbons (Fsp3) is 0.286. The van der Waals surface area contributed by atoms with Crippen LogP contribution in [0.3, 0.4) is 0 Å². The quantitative estimate of drug-likeness (QED) is 0.910. The SMILES string of the molecule is O=C(O)c1cccc(N(Cc2ccsc2)C2CC2)n1. The maximum Gasteiger partial charge on any atom is 0.354 e. The van der Waals surface area contributed by atoms with Crippen molar-refractivity contribution in [2.45, 2.75) is 25.4 Å². The molecule has 0 aromatic carbocycles. The molecule has 0 amide bonds. The summed E-state index contributed by atoms with van der Waals surface area (Å²) in [4.78, 5) is 17.4. The molecule has 3 rings (SSSR count). The zero-order valence-electron chi connectivity index (χ0n) is 10.3. The number of hydrogen-bond donors (Lipinski definition) is 1. The minimum absolute atomic E-state index is 0.105. The Morgan fingerprint density at radius 3 is 2.89 bits per heavy atom. The van der Waals surface area contributed by atoms with Crippen LogP contribution >= 0.6 is 11.3 Å². The predicted molar refractivity (Wildman–Crippen MR) is 74.7 cm³/mol. The number of carbonyl (C=O) groups is 1. The molecule has 1 saturated carbocycles. The van der Waals surface area contributed by atoms with Gasteiger partial charge in [-0.05, 0) is 47.4 Å². The van der Waals surface area contributed by atoms with Gasteiger partial charge < -0.3 is 10.0 Å². The Bertz CT molecular complexity index is 579. The van der Waals surface area contributed by atoms with Gasteiger partial charge in [-0.1, -0.05) is 6.07 Å². The summed E-state index contributed by atoms with van der Waals surface area (Å²) < 4.78 is 0. The molecule has 0 aliphatic heterocycles. The molecule has 0 bridgehead atoms. The maximum absolute atomic E-state index is 11.0. The fourth-order valence-corrected chi connectivity index (χ4v) is 2.72. The number of hydrogen-bond acceptors (Lipinski definition) is 4. The van der Waals surface area contributed by atoms with Crippen LogP contribution in [0.5, 0.6) is 0 Å². The zero-order valence-corrected chi connectivity index (χ0v) is 11.1. The van der Waals surface area contributed by atoms with E-state index in [1.807, 2.05) is 6.07 Å². The van der Waals surface area contributed by atoms with Gasteiger partial charge in [0.1, 0.15) is 5.82 Å². The molecule has 1 aliphatic carbocycles. The molecule has 0 spiro atoms. The van der Waals surface area contributed by atoms with Crippen LogP contribution in [-0.2, 0) is 6.54 Å². The van der Waals surface area contributed by atoms with Crippen molar-refractivity contribution in [2.24, 2.45) is 0 Å². The molecule has 5 heteroatoms. The molecule has 1 N–H and O–H groups in total. The van der Waals surface area contributed by atoms with E-state index in [1.165, 1.54) is 11.6 Å². The molecule has 19 heavy (non-hydrogen) atoms. The molecule has 1 aliphatic rings. The van der Waals surface area contributed by atoms with Crippen molar-refractivity contribution in [3.8, 4) is 0 Å². The number of nitrogens with zero attached hydrogens (tertiary/aromatic N) is 2. The summed E-state index contributed by atoms with van der Waals surface area (Å²) in [6.45, 7) is 0.796. The Morgan fingerprint density at radius 1 is 1.42 bits per heavy atom. The van der Waals surface area contributed by atoms with Gasteiger partial charge in [0, 0.05) is 12.6 Å². The first-order valence-electron chi connectivity index (χ1n) is 6.22. The van der Waals surface area contributed by atoms with Gasteiger partial charge in [-0.25, -0.2) is 9.78 Å². The number of thiophene rings is 1. The number of aromatic nitrogens is 1. The van der Waals surface area contributed by atoms with Crippen LogP contribution < -0.4 is 4.90 Å². The van der Waals surface area contributed by atoms with Crippen LogP contribution in [0.4, 0.5) is 5.82 Å². The summed E-state index contributed by atoms with van der Waals surface area (Å²) >= 11 is 1.68. The maximum atomic E-state index is 11.0. The van der Waals surface area contributed by atoms with Crippen LogP contribution in [0.2, 0.25) is 0 Å². The third kappa shape index (κ3) is 2.76. The summed E-state index contributed by atoms with van der Waals surface area (Å²) in [5, 5.41) is 13.2. The second-order valence-electron chi connectivity index (χ2n) is 4.68. The van der Waals surface area contributed by atoms with Gasteiger partial charge in [0.15, 0.2) is 5.69 Å².